The lowest BCUT2D eigenvalue weighted by atomic mass is 9.50. The maximum absolute atomic E-state index is 6.69. The van der Waals surface area contributed by atoms with E-state index in [9.17, 15) is 0 Å². The molecule has 3 heteroatoms. The third-order valence-corrected chi connectivity index (χ3v) is 8.16. The molecule has 104 valence electrons. The molecule has 1 nitrogen and oxygen atoms in total. The largest absolute Gasteiger partial charge is 0.323 e. The van der Waals surface area contributed by atoms with E-state index in [4.69, 9.17) is 5.73 Å². The Morgan fingerprint density at radius 3 is 2.21 bits per heavy atom. The SMILES string of the molecule is Cc1cc(C(N)C2C3CC4CC(C3)CC2C4)sc1Br. The quantitative estimate of drug-likeness (QED) is 0.815. The van der Waals surface area contributed by atoms with Gasteiger partial charge in [0.2, 0.25) is 0 Å². The molecule has 1 atom stereocenters. The molecule has 0 spiro atoms. The highest BCUT2D eigenvalue weighted by molar-refractivity contribution is 9.11. The highest BCUT2D eigenvalue weighted by atomic mass is 79.9. The van der Waals surface area contributed by atoms with Crippen molar-refractivity contribution < 1.29 is 0 Å². The molecule has 4 saturated carbocycles. The van der Waals surface area contributed by atoms with Gasteiger partial charge in [-0.05, 0) is 96.2 Å². The first-order valence-corrected chi connectivity index (χ1v) is 9.24. The average molecular weight is 340 g/mol. The summed E-state index contributed by atoms with van der Waals surface area (Å²) in [5.41, 5.74) is 8.04. The first-order chi connectivity index (χ1) is 9.11. The second-order valence-corrected chi connectivity index (χ2v) is 9.54. The van der Waals surface area contributed by atoms with Crippen molar-refractivity contribution in [2.24, 2.45) is 35.3 Å². The summed E-state index contributed by atoms with van der Waals surface area (Å²) in [4.78, 5) is 1.40. The Kier molecular flexibility index (Phi) is 3.09. The number of aryl methyl sites for hydroxylation is 1. The van der Waals surface area contributed by atoms with Gasteiger partial charge in [-0.25, -0.2) is 0 Å². The second kappa shape index (κ2) is 4.57. The third kappa shape index (κ3) is 2.04. The molecular weight excluding hydrogens is 318 g/mol. The van der Waals surface area contributed by atoms with Gasteiger partial charge in [-0.2, -0.15) is 0 Å². The van der Waals surface area contributed by atoms with Gasteiger partial charge in [0.1, 0.15) is 0 Å². The fourth-order valence-electron chi connectivity index (χ4n) is 5.39. The van der Waals surface area contributed by atoms with Crippen molar-refractivity contribution in [3.63, 3.8) is 0 Å². The lowest BCUT2D eigenvalue weighted by Crippen LogP contribution is -2.48. The van der Waals surface area contributed by atoms with E-state index in [1.807, 2.05) is 11.3 Å². The number of thiophene rings is 1. The Morgan fingerprint density at radius 2 is 1.74 bits per heavy atom. The van der Waals surface area contributed by atoms with Crippen molar-refractivity contribution in [1.29, 1.82) is 0 Å². The van der Waals surface area contributed by atoms with E-state index < -0.39 is 0 Å². The Morgan fingerprint density at radius 1 is 1.16 bits per heavy atom. The zero-order chi connectivity index (χ0) is 13.1. The number of hydrogen-bond acceptors (Lipinski definition) is 2. The van der Waals surface area contributed by atoms with Gasteiger partial charge >= 0.3 is 0 Å². The molecule has 0 aromatic carbocycles. The molecule has 4 aliphatic rings. The van der Waals surface area contributed by atoms with Crippen LogP contribution in [0.5, 0.6) is 0 Å². The van der Waals surface area contributed by atoms with E-state index in [0.29, 0.717) is 0 Å². The van der Waals surface area contributed by atoms with Crippen molar-refractivity contribution in [3.05, 3.63) is 20.3 Å². The maximum Gasteiger partial charge on any atom is 0.0731 e. The van der Waals surface area contributed by atoms with Crippen LogP contribution in [0.2, 0.25) is 0 Å². The molecule has 2 N–H and O–H groups in total. The van der Waals surface area contributed by atoms with Gasteiger partial charge < -0.3 is 5.73 Å². The highest BCUT2D eigenvalue weighted by Gasteiger charge is 2.50. The molecule has 5 rings (SSSR count). The van der Waals surface area contributed by atoms with E-state index in [1.165, 1.54) is 46.3 Å². The topological polar surface area (TPSA) is 26.0 Å². The Bertz CT molecular complexity index is 447. The molecule has 1 unspecified atom stereocenters. The van der Waals surface area contributed by atoms with Crippen LogP contribution in [-0.2, 0) is 0 Å². The van der Waals surface area contributed by atoms with Crippen molar-refractivity contribution >= 4 is 27.3 Å². The van der Waals surface area contributed by atoms with Gasteiger partial charge in [0, 0.05) is 10.9 Å². The van der Waals surface area contributed by atoms with Crippen molar-refractivity contribution in [2.75, 3.05) is 0 Å². The molecule has 4 fully saturated rings. The van der Waals surface area contributed by atoms with Crippen LogP contribution in [0.25, 0.3) is 0 Å². The molecule has 19 heavy (non-hydrogen) atoms. The van der Waals surface area contributed by atoms with Crippen LogP contribution in [-0.4, -0.2) is 0 Å². The minimum absolute atomic E-state index is 0.282. The molecule has 1 aromatic heterocycles. The van der Waals surface area contributed by atoms with Crippen molar-refractivity contribution in [2.45, 2.75) is 45.1 Å². The Hall–Kier alpha value is 0.140. The highest BCUT2D eigenvalue weighted by Crippen LogP contribution is 2.59. The zero-order valence-corrected chi connectivity index (χ0v) is 13.8. The predicted octanol–water partition coefficient (Wildman–Crippen LogP) is 4.89. The summed E-state index contributed by atoms with van der Waals surface area (Å²) in [6.07, 6.45) is 7.40. The summed E-state index contributed by atoms with van der Waals surface area (Å²) in [5, 5.41) is 0. The van der Waals surface area contributed by atoms with Gasteiger partial charge in [0.25, 0.3) is 0 Å². The summed E-state index contributed by atoms with van der Waals surface area (Å²) in [6.45, 7) is 2.17. The number of rotatable bonds is 2. The monoisotopic (exact) mass is 339 g/mol. The van der Waals surface area contributed by atoms with Crippen LogP contribution >= 0.6 is 27.3 Å². The summed E-state index contributed by atoms with van der Waals surface area (Å²) >= 11 is 5.51. The van der Waals surface area contributed by atoms with Crippen LogP contribution in [0.4, 0.5) is 0 Å². The third-order valence-electron chi connectivity index (χ3n) is 5.92. The van der Waals surface area contributed by atoms with E-state index in [1.54, 1.807) is 0 Å². The van der Waals surface area contributed by atoms with Crippen molar-refractivity contribution in [3.8, 4) is 0 Å². The lowest BCUT2D eigenvalue weighted by Gasteiger charge is -2.55. The van der Waals surface area contributed by atoms with Gasteiger partial charge in [-0.15, -0.1) is 11.3 Å². The van der Waals surface area contributed by atoms with Crippen LogP contribution in [0, 0.1) is 36.5 Å². The molecule has 4 bridgehead atoms. The maximum atomic E-state index is 6.69. The fraction of sp³-hybridized carbons (Fsp3) is 0.750. The van der Waals surface area contributed by atoms with Gasteiger partial charge in [-0.1, -0.05) is 0 Å². The fourth-order valence-corrected chi connectivity index (χ4v) is 7.02. The molecule has 0 radical (unpaired) electrons. The smallest absolute Gasteiger partial charge is 0.0731 e. The molecular formula is C16H22BrNS. The summed E-state index contributed by atoms with van der Waals surface area (Å²) in [6, 6.07) is 2.59. The summed E-state index contributed by atoms with van der Waals surface area (Å²) < 4.78 is 1.27. The van der Waals surface area contributed by atoms with Crippen LogP contribution < -0.4 is 5.73 Å². The number of hydrogen-bond donors (Lipinski definition) is 1. The van der Waals surface area contributed by atoms with Gasteiger partial charge in [0.15, 0.2) is 0 Å². The van der Waals surface area contributed by atoms with Gasteiger partial charge in [0.05, 0.1) is 3.79 Å². The van der Waals surface area contributed by atoms with E-state index in [0.717, 1.165) is 29.6 Å². The summed E-state index contributed by atoms with van der Waals surface area (Å²) in [5.74, 6) is 4.70. The van der Waals surface area contributed by atoms with E-state index in [2.05, 4.69) is 28.9 Å². The van der Waals surface area contributed by atoms with Crippen molar-refractivity contribution in [1.82, 2.24) is 0 Å². The lowest BCUT2D eigenvalue weighted by molar-refractivity contribution is -0.0467. The minimum Gasteiger partial charge on any atom is -0.323 e. The Labute approximate surface area is 128 Å². The molecule has 0 saturated heterocycles. The van der Waals surface area contributed by atoms with Crippen LogP contribution in [0.3, 0.4) is 0 Å². The number of halogens is 1. The average Bonchev–Trinajstić information content (AvgIpc) is 2.68. The van der Waals surface area contributed by atoms with E-state index >= 15 is 0 Å². The minimum atomic E-state index is 0.282. The molecule has 4 aliphatic carbocycles. The zero-order valence-electron chi connectivity index (χ0n) is 11.4. The molecule has 1 aromatic rings. The second-order valence-electron chi connectivity index (χ2n) is 7.14. The molecule has 0 aliphatic heterocycles. The molecule has 0 amide bonds. The first kappa shape index (κ1) is 12.8. The van der Waals surface area contributed by atoms with Crippen LogP contribution in [0.1, 0.15) is 48.6 Å². The van der Waals surface area contributed by atoms with E-state index in [-0.39, 0.29) is 6.04 Å². The van der Waals surface area contributed by atoms with Crippen LogP contribution in [0.15, 0.2) is 9.85 Å². The standard InChI is InChI=1S/C16H22BrNS/c1-8-2-13(19-16(8)17)15(18)14-11-4-9-3-10(6-11)7-12(14)5-9/h2,9-12,14-15H,3-7,18H2,1H3. The number of nitrogens with two attached hydrogens (primary N) is 1. The van der Waals surface area contributed by atoms with Gasteiger partial charge in [-0.3, -0.25) is 0 Å². The molecule has 1 heterocycles. The predicted molar refractivity (Wildman–Crippen MR) is 84.2 cm³/mol. The first-order valence-electron chi connectivity index (χ1n) is 7.63. The summed E-state index contributed by atoms with van der Waals surface area (Å²) in [7, 11) is 0. The Balaban J connectivity index is 1.61. The normalized spacial score (nSPS) is 41.7.